The largest absolute Gasteiger partial charge is 0.497 e. The van der Waals surface area contributed by atoms with Gasteiger partial charge in [0, 0.05) is 11.6 Å². The number of hydrogen-bond acceptors (Lipinski definition) is 4. The van der Waals surface area contributed by atoms with Crippen LogP contribution in [0.15, 0.2) is 23.8 Å². The van der Waals surface area contributed by atoms with Crippen LogP contribution >= 0.6 is 12.2 Å². The molecule has 0 aliphatic carbocycles. The summed E-state index contributed by atoms with van der Waals surface area (Å²) in [7, 11) is 3.11. The Hall–Kier alpha value is -2.06. The molecule has 0 atom stereocenters. The van der Waals surface area contributed by atoms with Crippen molar-refractivity contribution in [2.75, 3.05) is 14.2 Å². The lowest BCUT2D eigenvalue weighted by atomic mass is 10.1. The van der Waals surface area contributed by atoms with Crippen LogP contribution in [0.2, 0.25) is 0 Å². The van der Waals surface area contributed by atoms with Gasteiger partial charge in [0.2, 0.25) is 0 Å². The first-order valence-electron chi connectivity index (χ1n) is 4.76. The van der Waals surface area contributed by atoms with Crippen molar-refractivity contribution in [1.82, 2.24) is 0 Å². The minimum absolute atomic E-state index is 0.0605. The molecular weight excluding hydrogens is 236 g/mol. The summed E-state index contributed by atoms with van der Waals surface area (Å²) in [5, 5.41) is 8.87. The second-order valence-electron chi connectivity index (χ2n) is 3.14. The molecule has 0 aliphatic heterocycles. The number of rotatable bonds is 4. The van der Waals surface area contributed by atoms with Gasteiger partial charge in [-0.2, -0.15) is 5.26 Å². The third kappa shape index (κ3) is 3.20. The molecule has 0 bridgehead atoms. The quantitative estimate of drug-likeness (QED) is 0.500. The smallest absolute Gasteiger partial charge is 0.129 e. The number of methoxy groups -OCH3 is 2. The molecule has 0 fully saturated rings. The van der Waals surface area contributed by atoms with Crippen LogP contribution in [0.25, 0.3) is 6.08 Å². The fourth-order valence-corrected chi connectivity index (χ4v) is 1.36. The normalized spacial score (nSPS) is 10.5. The summed E-state index contributed by atoms with van der Waals surface area (Å²) in [6.07, 6.45) is 1.58. The molecule has 0 spiro atoms. The molecule has 4 nitrogen and oxygen atoms in total. The molecule has 17 heavy (non-hydrogen) atoms. The summed E-state index contributed by atoms with van der Waals surface area (Å²) >= 11 is 4.76. The Bertz CT molecular complexity index is 504. The van der Waals surface area contributed by atoms with Gasteiger partial charge in [-0.15, -0.1) is 0 Å². The molecule has 1 aromatic rings. The Morgan fingerprint density at radius 3 is 2.59 bits per heavy atom. The van der Waals surface area contributed by atoms with Gasteiger partial charge in [0.25, 0.3) is 0 Å². The molecule has 0 amide bonds. The Morgan fingerprint density at radius 1 is 1.41 bits per heavy atom. The highest BCUT2D eigenvalue weighted by Crippen LogP contribution is 2.26. The van der Waals surface area contributed by atoms with Gasteiger partial charge in [0.05, 0.1) is 19.8 Å². The highest BCUT2D eigenvalue weighted by atomic mass is 32.1. The maximum absolute atomic E-state index is 8.87. The average Bonchev–Trinajstić information content (AvgIpc) is 2.35. The first-order valence-corrected chi connectivity index (χ1v) is 5.16. The zero-order valence-corrected chi connectivity index (χ0v) is 10.4. The summed E-state index contributed by atoms with van der Waals surface area (Å²) in [4.78, 5) is 0.0605. The molecule has 0 radical (unpaired) electrons. The molecule has 0 unspecified atom stereocenters. The van der Waals surface area contributed by atoms with E-state index in [0.717, 1.165) is 5.56 Å². The highest BCUT2D eigenvalue weighted by molar-refractivity contribution is 7.80. The van der Waals surface area contributed by atoms with Crippen molar-refractivity contribution in [3.8, 4) is 17.6 Å². The Morgan fingerprint density at radius 2 is 2.12 bits per heavy atom. The van der Waals surface area contributed by atoms with Crippen LogP contribution in [-0.4, -0.2) is 19.2 Å². The van der Waals surface area contributed by atoms with Crippen LogP contribution in [0.5, 0.6) is 11.5 Å². The Kier molecular flexibility index (Phi) is 4.49. The van der Waals surface area contributed by atoms with Gasteiger partial charge < -0.3 is 15.2 Å². The van der Waals surface area contributed by atoms with Crippen molar-refractivity contribution in [2.24, 2.45) is 5.73 Å². The fourth-order valence-electron chi connectivity index (χ4n) is 1.25. The molecule has 0 saturated heterocycles. The lowest BCUT2D eigenvalue weighted by Gasteiger charge is -2.07. The molecule has 0 saturated carbocycles. The summed E-state index contributed by atoms with van der Waals surface area (Å²) < 4.78 is 10.3. The van der Waals surface area contributed by atoms with Gasteiger partial charge in [-0.25, -0.2) is 0 Å². The van der Waals surface area contributed by atoms with Crippen LogP contribution < -0.4 is 15.2 Å². The highest BCUT2D eigenvalue weighted by Gasteiger charge is 2.05. The topological polar surface area (TPSA) is 68.3 Å². The molecule has 1 aromatic carbocycles. The monoisotopic (exact) mass is 248 g/mol. The lowest BCUT2D eigenvalue weighted by Crippen LogP contribution is -2.09. The minimum atomic E-state index is 0.0605. The maximum atomic E-state index is 8.87. The van der Waals surface area contributed by atoms with Crippen LogP contribution in [0.1, 0.15) is 5.56 Å². The van der Waals surface area contributed by atoms with E-state index in [2.05, 4.69) is 0 Å². The predicted octanol–water partition coefficient (Wildman–Crippen LogP) is 1.90. The van der Waals surface area contributed by atoms with Gasteiger partial charge in [-0.1, -0.05) is 12.2 Å². The number of ether oxygens (including phenoxy) is 2. The van der Waals surface area contributed by atoms with E-state index in [-0.39, 0.29) is 10.6 Å². The van der Waals surface area contributed by atoms with E-state index < -0.39 is 0 Å². The van der Waals surface area contributed by atoms with Gasteiger partial charge in [-0.3, -0.25) is 0 Å². The van der Waals surface area contributed by atoms with Crippen molar-refractivity contribution in [3.63, 3.8) is 0 Å². The number of nitrogens with two attached hydrogens (primary N) is 1. The average molecular weight is 248 g/mol. The second kappa shape index (κ2) is 5.87. The third-order valence-electron chi connectivity index (χ3n) is 2.13. The van der Waals surface area contributed by atoms with E-state index in [0.29, 0.717) is 11.5 Å². The van der Waals surface area contributed by atoms with E-state index in [4.69, 9.17) is 32.7 Å². The molecule has 0 aromatic heterocycles. The molecule has 0 aliphatic rings. The van der Waals surface area contributed by atoms with E-state index >= 15 is 0 Å². The first kappa shape index (κ1) is 13.0. The van der Waals surface area contributed by atoms with Crippen LogP contribution in [-0.2, 0) is 0 Å². The number of hydrogen-bond donors (Lipinski definition) is 1. The molecule has 1 rings (SSSR count). The van der Waals surface area contributed by atoms with Gasteiger partial charge >= 0.3 is 0 Å². The summed E-state index contributed by atoms with van der Waals surface area (Å²) in [5.41, 5.74) is 6.38. The molecule has 88 valence electrons. The van der Waals surface area contributed by atoms with Gasteiger partial charge in [-0.05, 0) is 18.2 Å². The Labute approximate surface area is 105 Å². The molecule has 0 heterocycles. The zero-order valence-electron chi connectivity index (χ0n) is 9.56. The number of nitriles is 1. The number of nitrogens with zero attached hydrogens (tertiary/aromatic N) is 1. The van der Waals surface area contributed by atoms with Crippen molar-refractivity contribution < 1.29 is 9.47 Å². The minimum Gasteiger partial charge on any atom is -0.497 e. The second-order valence-corrected chi connectivity index (χ2v) is 3.58. The van der Waals surface area contributed by atoms with Gasteiger partial charge in [0.1, 0.15) is 22.6 Å². The molecular formula is C12H12N2O2S. The molecule has 5 heteroatoms. The molecule has 2 N–H and O–H groups in total. The third-order valence-corrected chi connectivity index (χ3v) is 2.35. The van der Waals surface area contributed by atoms with Crippen LogP contribution in [0.3, 0.4) is 0 Å². The van der Waals surface area contributed by atoms with E-state index in [9.17, 15) is 0 Å². The maximum Gasteiger partial charge on any atom is 0.129 e. The predicted molar refractivity (Wildman–Crippen MR) is 69.9 cm³/mol. The zero-order chi connectivity index (χ0) is 12.8. The lowest BCUT2D eigenvalue weighted by molar-refractivity contribution is 0.394. The van der Waals surface area contributed by atoms with Crippen molar-refractivity contribution in [3.05, 3.63) is 29.3 Å². The summed E-state index contributed by atoms with van der Waals surface area (Å²) in [6, 6.07) is 7.20. The first-order chi connectivity index (χ1) is 8.12. The van der Waals surface area contributed by atoms with E-state index in [1.165, 1.54) is 0 Å². The fraction of sp³-hybridized carbons (Fsp3) is 0.167. The van der Waals surface area contributed by atoms with Crippen molar-refractivity contribution in [2.45, 2.75) is 0 Å². The van der Waals surface area contributed by atoms with E-state index in [1.54, 1.807) is 38.5 Å². The van der Waals surface area contributed by atoms with Crippen LogP contribution in [0, 0.1) is 11.3 Å². The summed E-state index contributed by atoms with van der Waals surface area (Å²) in [6.45, 7) is 0. The summed E-state index contributed by atoms with van der Waals surface area (Å²) in [5.74, 6) is 1.26. The van der Waals surface area contributed by atoms with Crippen molar-refractivity contribution >= 4 is 23.3 Å². The number of benzene rings is 1. The SMILES string of the molecule is COc1ccc(/C=C(/C#N)C(N)=S)c(OC)c1. The van der Waals surface area contributed by atoms with Crippen LogP contribution in [0.4, 0.5) is 0 Å². The number of thiocarbonyl (C=S) groups is 1. The van der Waals surface area contributed by atoms with Gasteiger partial charge in [0.15, 0.2) is 0 Å². The standard InChI is InChI=1S/C12H12N2O2S/c1-15-10-4-3-8(11(6-10)16-2)5-9(7-13)12(14)17/h3-6H,1-2H3,(H2,14,17)/b9-5-. The van der Waals surface area contributed by atoms with E-state index in [1.807, 2.05) is 6.07 Å². The Balaban J connectivity index is 3.23. The van der Waals surface area contributed by atoms with Crippen molar-refractivity contribution in [1.29, 1.82) is 5.26 Å².